The number of nitrogens with zero attached hydrogens (tertiary/aromatic N) is 3. The number of rotatable bonds is 6. The lowest BCUT2D eigenvalue weighted by atomic mass is 9.86. The second-order valence-electron chi connectivity index (χ2n) is 8.38. The maximum Gasteiger partial charge on any atom is 0.433 e. The van der Waals surface area contributed by atoms with E-state index in [1.165, 1.54) is 13.2 Å². The van der Waals surface area contributed by atoms with Gasteiger partial charge in [0.2, 0.25) is 0 Å². The largest absolute Gasteiger partial charge is 0.433 e. The van der Waals surface area contributed by atoms with Crippen LogP contribution < -0.4 is 5.73 Å². The summed E-state index contributed by atoms with van der Waals surface area (Å²) in [6, 6.07) is 7.77. The number of benzene rings is 1. The van der Waals surface area contributed by atoms with E-state index in [0.29, 0.717) is 11.5 Å². The highest BCUT2D eigenvalue weighted by molar-refractivity contribution is 5.92. The van der Waals surface area contributed by atoms with Gasteiger partial charge in [-0.1, -0.05) is 12.1 Å². The van der Waals surface area contributed by atoms with Crippen LogP contribution in [0.1, 0.15) is 65.1 Å². The van der Waals surface area contributed by atoms with E-state index in [-0.39, 0.29) is 18.2 Å². The van der Waals surface area contributed by atoms with Gasteiger partial charge >= 0.3 is 6.18 Å². The molecule has 0 bridgehead atoms. The monoisotopic (exact) mass is 462 g/mol. The molecule has 1 fully saturated rings. The van der Waals surface area contributed by atoms with Crippen LogP contribution in [0.3, 0.4) is 0 Å². The number of hydrogen-bond donors (Lipinski definition) is 2. The molecule has 2 aromatic heterocycles. The van der Waals surface area contributed by atoms with E-state index < -0.39 is 29.6 Å². The highest BCUT2D eigenvalue weighted by atomic mass is 19.4. The molecule has 1 amide bonds. The minimum absolute atomic E-state index is 0.159. The van der Waals surface area contributed by atoms with E-state index in [2.05, 4.69) is 10.1 Å². The van der Waals surface area contributed by atoms with E-state index in [1.807, 2.05) is 16.8 Å². The van der Waals surface area contributed by atoms with Crippen molar-refractivity contribution in [2.75, 3.05) is 13.7 Å². The summed E-state index contributed by atoms with van der Waals surface area (Å²) in [6.45, 7) is 0.209. The summed E-state index contributed by atoms with van der Waals surface area (Å²) in [5.74, 6) is -0.723. The number of aliphatic hydroxyl groups excluding tert-OH is 1. The second-order valence-corrected chi connectivity index (χ2v) is 8.38. The third-order valence-corrected chi connectivity index (χ3v) is 6.31. The molecule has 33 heavy (non-hydrogen) atoms. The molecule has 1 aromatic carbocycles. The lowest BCUT2D eigenvalue weighted by Crippen LogP contribution is -2.21. The summed E-state index contributed by atoms with van der Waals surface area (Å²) in [4.78, 5) is 15.4. The molecule has 1 unspecified atom stereocenters. The summed E-state index contributed by atoms with van der Waals surface area (Å²) >= 11 is 0. The third kappa shape index (κ3) is 4.58. The highest BCUT2D eigenvalue weighted by Crippen LogP contribution is 2.36. The number of aliphatic hydroxyl groups is 1. The van der Waals surface area contributed by atoms with Gasteiger partial charge in [0.25, 0.3) is 5.91 Å². The van der Waals surface area contributed by atoms with Crippen LogP contribution in [0.4, 0.5) is 13.2 Å². The predicted octanol–water partition coefficient (Wildman–Crippen LogP) is 4.01. The van der Waals surface area contributed by atoms with Crippen molar-refractivity contribution < 1.29 is 27.8 Å². The third-order valence-electron chi connectivity index (χ3n) is 6.31. The Balaban J connectivity index is 1.68. The Labute approximate surface area is 188 Å². The molecule has 10 heteroatoms. The number of pyridine rings is 1. The summed E-state index contributed by atoms with van der Waals surface area (Å²) in [5, 5.41) is 14.8. The Kier molecular flexibility index (Phi) is 6.40. The molecule has 3 aromatic rings. The fourth-order valence-electron chi connectivity index (χ4n) is 4.58. The first-order valence-electron chi connectivity index (χ1n) is 10.7. The first kappa shape index (κ1) is 23.2. The quantitative estimate of drug-likeness (QED) is 0.576. The number of halogens is 3. The maximum absolute atomic E-state index is 13.1. The van der Waals surface area contributed by atoms with Crippen molar-refractivity contribution in [3.8, 4) is 0 Å². The van der Waals surface area contributed by atoms with Gasteiger partial charge in [-0.3, -0.25) is 9.48 Å². The summed E-state index contributed by atoms with van der Waals surface area (Å²) in [5.41, 5.74) is 5.40. The van der Waals surface area contributed by atoms with Gasteiger partial charge in [0, 0.05) is 24.7 Å². The Hall–Kier alpha value is -2.98. The number of nitrogens with two attached hydrogens (primary N) is 1. The number of amides is 1. The van der Waals surface area contributed by atoms with Crippen LogP contribution in [0, 0.1) is 5.92 Å². The number of primary amides is 1. The molecule has 1 saturated carbocycles. The minimum atomic E-state index is -4.70. The Bertz CT molecular complexity index is 1150. The molecule has 3 N–H and O–H groups in total. The van der Waals surface area contributed by atoms with Crippen LogP contribution in [0.15, 0.2) is 36.5 Å². The van der Waals surface area contributed by atoms with E-state index in [1.54, 1.807) is 12.3 Å². The SMILES string of the molecule is COC(c1ccc2c(cnn2C2CCC(CO)CC2)c1)c1ccc(C(F)(F)F)nc1C(N)=O. The van der Waals surface area contributed by atoms with Crippen LogP contribution in [0.2, 0.25) is 0 Å². The fourth-order valence-corrected chi connectivity index (χ4v) is 4.58. The zero-order chi connectivity index (χ0) is 23.8. The van der Waals surface area contributed by atoms with E-state index in [9.17, 15) is 23.1 Å². The zero-order valence-corrected chi connectivity index (χ0v) is 18.0. The average molecular weight is 462 g/mol. The first-order chi connectivity index (χ1) is 15.7. The lowest BCUT2D eigenvalue weighted by molar-refractivity contribution is -0.141. The molecule has 0 radical (unpaired) electrons. The molecular formula is C23H25F3N4O3. The van der Waals surface area contributed by atoms with Crippen molar-refractivity contribution in [2.24, 2.45) is 11.7 Å². The second kappa shape index (κ2) is 9.11. The molecule has 0 aliphatic heterocycles. The molecule has 7 nitrogen and oxygen atoms in total. The number of ether oxygens (including phenoxy) is 1. The van der Waals surface area contributed by atoms with Crippen molar-refractivity contribution in [3.63, 3.8) is 0 Å². The van der Waals surface area contributed by atoms with Gasteiger partial charge in [-0.2, -0.15) is 18.3 Å². The van der Waals surface area contributed by atoms with Gasteiger partial charge in [0.15, 0.2) is 0 Å². The van der Waals surface area contributed by atoms with Crippen molar-refractivity contribution in [1.29, 1.82) is 0 Å². The summed E-state index contributed by atoms with van der Waals surface area (Å²) < 4.78 is 46.8. The number of carbonyl (C=O) groups is 1. The minimum Gasteiger partial charge on any atom is -0.396 e. The number of aromatic nitrogens is 3. The van der Waals surface area contributed by atoms with Gasteiger partial charge in [0.1, 0.15) is 17.5 Å². The molecule has 4 rings (SSSR count). The first-order valence-corrected chi connectivity index (χ1v) is 10.7. The summed E-state index contributed by atoms with van der Waals surface area (Å²) in [7, 11) is 1.40. The van der Waals surface area contributed by atoms with E-state index in [0.717, 1.165) is 42.7 Å². The molecule has 1 aliphatic rings. The molecular weight excluding hydrogens is 437 g/mol. The van der Waals surface area contributed by atoms with E-state index in [4.69, 9.17) is 10.5 Å². The Morgan fingerprint density at radius 2 is 1.97 bits per heavy atom. The summed E-state index contributed by atoms with van der Waals surface area (Å²) in [6.07, 6.45) is -0.0339. The van der Waals surface area contributed by atoms with Crippen molar-refractivity contribution in [1.82, 2.24) is 14.8 Å². The molecule has 0 spiro atoms. The Morgan fingerprint density at radius 1 is 1.24 bits per heavy atom. The Morgan fingerprint density at radius 3 is 2.58 bits per heavy atom. The van der Waals surface area contributed by atoms with Crippen molar-refractivity contribution in [3.05, 3.63) is 59.0 Å². The average Bonchev–Trinajstić information content (AvgIpc) is 3.22. The van der Waals surface area contributed by atoms with Gasteiger partial charge in [-0.25, -0.2) is 4.98 Å². The van der Waals surface area contributed by atoms with Crippen molar-refractivity contribution >= 4 is 16.8 Å². The molecule has 0 saturated heterocycles. The molecule has 1 aliphatic carbocycles. The van der Waals surface area contributed by atoms with Crippen LogP contribution >= 0.6 is 0 Å². The topological polar surface area (TPSA) is 103 Å². The normalized spacial score (nSPS) is 20.2. The number of fused-ring (bicyclic) bond motifs is 1. The zero-order valence-electron chi connectivity index (χ0n) is 18.0. The molecule has 1 atom stereocenters. The maximum atomic E-state index is 13.1. The van der Waals surface area contributed by atoms with Crippen LogP contribution in [-0.2, 0) is 10.9 Å². The number of alkyl halides is 3. The van der Waals surface area contributed by atoms with Gasteiger partial charge < -0.3 is 15.6 Å². The van der Waals surface area contributed by atoms with E-state index >= 15 is 0 Å². The molecule has 176 valence electrons. The fraction of sp³-hybridized carbons (Fsp3) is 0.435. The lowest BCUT2D eigenvalue weighted by Gasteiger charge is -2.28. The molecule has 2 heterocycles. The number of hydrogen-bond acceptors (Lipinski definition) is 5. The predicted molar refractivity (Wildman–Crippen MR) is 114 cm³/mol. The number of methoxy groups -OCH3 is 1. The van der Waals surface area contributed by atoms with Crippen LogP contribution in [0.25, 0.3) is 10.9 Å². The van der Waals surface area contributed by atoms with Crippen molar-refractivity contribution in [2.45, 2.75) is 44.0 Å². The smallest absolute Gasteiger partial charge is 0.396 e. The van der Waals surface area contributed by atoms with Crippen LogP contribution in [0.5, 0.6) is 0 Å². The standard InChI is InChI=1S/C23H25F3N4O3/c1-33-21(17-7-9-19(23(24,25)26)29-20(17)22(27)32)14-4-8-18-15(10-14)11-28-30(18)16-5-2-13(12-31)3-6-16/h4,7-11,13,16,21,31H,2-3,5-6,12H2,1H3,(H2,27,32). The van der Waals surface area contributed by atoms with Gasteiger partial charge in [-0.05, 0) is 55.4 Å². The van der Waals surface area contributed by atoms with Gasteiger partial charge in [0.05, 0.1) is 17.8 Å². The van der Waals surface area contributed by atoms with Gasteiger partial charge in [-0.15, -0.1) is 0 Å². The van der Waals surface area contributed by atoms with Crippen LogP contribution in [-0.4, -0.2) is 39.5 Å². The highest BCUT2D eigenvalue weighted by Gasteiger charge is 2.34. The number of carbonyl (C=O) groups excluding carboxylic acids is 1.